The molecule has 0 heterocycles. The first-order valence-corrected chi connectivity index (χ1v) is 6.73. The number of unbranched alkanes of at least 4 members (excludes halogenated alkanes) is 7. The van der Waals surface area contributed by atoms with E-state index in [9.17, 15) is 0 Å². The molecule has 0 rings (SSSR count). The van der Waals surface area contributed by atoms with Crippen molar-refractivity contribution >= 4 is 0 Å². The van der Waals surface area contributed by atoms with Gasteiger partial charge in [-0.3, -0.25) is 0 Å². The Balaban J connectivity index is 2.78. The first kappa shape index (κ1) is 14.0. The minimum atomic E-state index is 1.34. The third-order valence-corrected chi connectivity index (χ3v) is 2.77. The van der Waals surface area contributed by atoms with Gasteiger partial charge >= 0.3 is 0 Å². The van der Waals surface area contributed by atoms with Gasteiger partial charge < -0.3 is 5.32 Å². The molecule has 0 aromatic rings. The molecule has 86 valence electrons. The summed E-state index contributed by atoms with van der Waals surface area (Å²) in [5.74, 6) is 0. The van der Waals surface area contributed by atoms with Crippen LogP contribution >= 0.6 is 0 Å². The SMILES string of the molecule is CCCCCCCCC[NH2+]CCCC. The minimum absolute atomic E-state index is 1.34. The van der Waals surface area contributed by atoms with Crippen LogP contribution in [0.15, 0.2) is 0 Å². The zero-order valence-electron chi connectivity index (χ0n) is 10.4. The Bertz CT molecular complexity index is 79.2. The molecular formula is C13H30N+. The molecule has 0 radical (unpaired) electrons. The summed E-state index contributed by atoms with van der Waals surface area (Å²) in [7, 11) is 0. The van der Waals surface area contributed by atoms with Gasteiger partial charge in [-0.25, -0.2) is 0 Å². The summed E-state index contributed by atoms with van der Waals surface area (Å²) in [6.07, 6.45) is 12.8. The topological polar surface area (TPSA) is 16.6 Å². The lowest BCUT2D eigenvalue weighted by Gasteiger charge is -2.01. The molecule has 0 aliphatic heterocycles. The van der Waals surface area contributed by atoms with Gasteiger partial charge in [-0.2, -0.15) is 0 Å². The zero-order valence-corrected chi connectivity index (χ0v) is 10.4. The summed E-state index contributed by atoms with van der Waals surface area (Å²) >= 11 is 0. The molecule has 1 nitrogen and oxygen atoms in total. The number of rotatable bonds is 11. The van der Waals surface area contributed by atoms with E-state index < -0.39 is 0 Å². The van der Waals surface area contributed by atoms with Gasteiger partial charge in [-0.15, -0.1) is 0 Å². The van der Waals surface area contributed by atoms with Crippen LogP contribution < -0.4 is 5.32 Å². The summed E-state index contributed by atoms with van der Waals surface area (Å²) < 4.78 is 0. The van der Waals surface area contributed by atoms with E-state index in [0.717, 1.165) is 0 Å². The molecular weight excluding hydrogens is 170 g/mol. The Labute approximate surface area is 90.7 Å². The van der Waals surface area contributed by atoms with Crippen molar-refractivity contribution in [3.63, 3.8) is 0 Å². The minimum Gasteiger partial charge on any atom is -0.346 e. The summed E-state index contributed by atoms with van der Waals surface area (Å²) in [5.41, 5.74) is 0. The van der Waals surface area contributed by atoms with Crippen LogP contribution in [0.4, 0.5) is 0 Å². The first-order chi connectivity index (χ1) is 6.91. The fraction of sp³-hybridized carbons (Fsp3) is 1.00. The predicted molar refractivity (Wildman–Crippen MR) is 64.6 cm³/mol. The zero-order chi connectivity index (χ0) is 10.5. The molecule has 0 atom stereocenters. The van der Waals surface area contributed by atoms with Crippen LogP contribution in [0.1, 0.15) is 71.6 Å². The molecule has 14 heavy (non-hydrogen) atoms. The summed E-state index contributed by atoms with van der Waals surface area (Å²) in [4.78, 5) is 0. The van der Waals surface area contributed by atoms with E-state index in [-0.39, 0.29) is 0 Å². The molecule has 0 unspecified atom stereocenters. The highest BCUT2D eigenvalue weighted by Crippen LogP contribution is 2.05. The van der Waals surface area contributed by atoms with E-state index >= 15 is 0 Å². The van der Waals surface area contributed by atoms with Crippen molar-refractivity contribution in [3.8, 4) is 0 Å². The molecule has 0 bridgehead atoms. The number of hydrogen-bond donors (Lipinski definition) is 1. The van der Waals surface area contributed by atoms with Gasteiger partial charge in [0.15, 0.2) is 0 Å². The Morgan fingerprint density at radius 3 is 1.71 bits per heavy atom. The molecule has 2 N–H and O–H groups in total. The maximum absolute atomic E-state index is 2.48. The first-order valence-electron chi connectivity index (χ1n) is 6.73. The highest BCUT2D eigenvalue weighted by atomic mass is 14.8. The van der Waals surface area contributed by atoms with Crippen molar-refractivity contribution in [2.75, 3.05) is 13.1 Å². The molecule has 0 amide bonds. The second-order valence-electron chi connectivity index (χ2n) is 4.34. The number of quaternary nitrogens is 1. The fourth-order valence-corrected chi connectivity index (χ4v) is 1.74. The Morgan fingerprint density at radius 1 is 0.571 bits per heavy atom. The average molecular weight is 200 g/mol. The molecule has 0 aliphatic rings. The largest absolute Gasteiger partial charge is 0.346 e. The highest BCUT2D eigenvalue weighted by molar-refractivity contribution is 4.43. The lowest BCUT2D eigenvalue weighted by molar-refractivity contribution is -0.655. The molecule has 0 spiro atoms. The summed E-state index contributed by atoms with van der Waals surface area (Å²) in [6, 6.07) is 0. The third-order valence-electron chi connectivity index (χ3n) is 2.77. The van der Waals surface area contributed by atoms with E-state index in [1.807, 2.05) is 0 Å². The quantitative estimate of drug-likeness (QED) is 0.494. The van der Waals surface area contributed by atoms with Crippen LogP contribution in [-0.2, 0) is 0 Å². The molecule has 1 heteroatoms. The van der Waals surface area contributed by atoms with Gasteiger partial charge in [-0.05, 0) is 19.3 Å². The van der Waals surface area contributed by atoms with Gasteiger partial charge in [-0.1, -0.05) is 52.4 Å². The van der Waals surface area contributed by atoms with Crippen molar-refractivity contribution in [1.29, 1.82) is 0 Å². The number of hydrogen-bond acceptors (Lipinski definition) is 0. The molecule has 0 aromatic carbocycles. The van der Waals surface area contributed by atoms with E-state index in [4.69, 9.17) is 0 Å². The van der Waals surface area contributed by atoms with Crippen molar-refractivity contribution in [3.05, 3.63) is 0 Å². The van der Waals surface area contributed by atoms with Crippen molar-refractivity contribution in [2.24, 2.45) is 0 Å². The molecule has 0 saturated carbocycles. The van der Waals surface area contributed by atoms with Crippen molar-refractivity contribution in [2.45, 2.75) is 71.6 Å². The number of nitrogens with two attached hydrogens (primary N) is 1. The van der Waals surface area contributed by atoms with E-state index in [1.54, 1.807) is 0 Å². The highest BCUT2D eigenvalue weighted by Gasteiger charge is 1.92. The monoisotopic (exact) mass is 200 g/mol. The van der Waals surface area contributed by atoms with Crippen LogP contribution in [-0.4, -0.2) is 13.1 Å². The fourth-order valence-electron chi connectivity index (χ4n) is 1.74. The molecule has 0 aromatic heterocycles. The third kappa shape index (κ3) is 12.0. The second-order valence-corrected chi connectivity index (χ2v) is 4.34. The van der Waals surface area contributed by atoms with Gasteiger partial charge in [0.05, 0.1) is 13.1 Å². The van der Waals surface area contributed by atoms with Gasteiger partial charge in [0, 0.05) is 0 Å². The van der Waals surface area contributed by atoms with Crippen molar-refractivity contribution in [1.82, 2.24) is 0 Å². The lowest BCUT2D eigenvalue weighted by Crippen LogP contribution is -2.84. The van der Waals surface area contributed by atoms with Crippen LogP contribution in [0, 0.1) is 0 Å². The van der Waals surface area contributed by atoms with E-state index in [1.165, 1.54) is 70.9 Å². The van der Waals surface area contributed by atoms with Crippen molar-refractivity contribution < 1.29 is 5.32 Å². The van der Waals surface area contributed by atoms with Crippen LogP contribution in [0.25, 0.3) is 0 Å². The molecule has 0 fully saturated rings. The lowest BCUT2D eigenvalue weighted by atomic mass is 10.1. The maximum Gasteiger partial charge on any atom is 0.0755 e. The van der Waals surface area contributed by atoms with Crippen LogP contribution in [0.5, 0.6) is 0 Å². The van der Waals surface area contributed by atoms with Crippen LogP contribution in [0.2, 0.25) is 0 Å². The Kier molecular flexibility index (Phi) is 12.9. The summed E-state index contributed by atoms with van der Waals surface area (Å²) in [5, 5.41) is 2.48. The standard InChI is InChI=1S/C13H29N/c1-3-5-7-8-9-10-11-13-14-12-6-4-2/h14H,3-13H2,1-2H3/p+1. The predicted octanol–water partition coefficient (Wildman–Crippen LogP) is 3.10. The van der Waals surface area contributed by atoms with Gasteiger partial charge in [0.1, 0.15) is 0 Å². The smallest absolute Gasteiger partial charge is 0.0755 e. The van der Waals surface area contributed by atoms with Gasteiger partial charge in [0.2, 0.25) is 0 Å². The Morgan fingerprint density at radius 2 is 1.07 bits per heavy atom. The average Bonchev–Trinajstić information content (AvgIpc) is 2.21. The van der Waals surface area contributed by atoms with E-state index in [2.05, 4.69) is 19.2 Å². The summed E-state index contributed by atoms with van der Waals surface area (Å²) in [6.45, 7) is 7.24. The Hall–Kier alpha value is -0.0400. The normalized spacial score (nSPS) is 10.7. The van der Waals surface area contributed by atoms with Gasteiger partial charge in [0.25, 0.3) is 0 Å². The van der Waals surface area contributed by atoms with Crippen LogP contribution in [0.3, 0.4) is 0 Å². The maximum atomic E-state index is 2.48. The molecule has 0 saturated heterocycles. The molecule has 0 aliphatic carbocycles. The van der Waals surface area contributed by atoms with E-state index in [0.29, 0.717) is 0 Å². The second kappa shape index (κ2) is 13.0.